The summed E-state index contributed by atoms with van der Waals surface area (Å²) in [6.07, 6.45) is 4.33. The lowest BCUT2D eigenvalue weighted by molar-refractivity contribution is -0.00872. The molecule has 1 aliphatic rings. The number of rotatable bonds is 3. The maximum Gasteiger partial charge on any atom is 0.112 e. The first-order valence-corrected chi connectivity index (χ1v) is 4.34. The zero-order valence-corrected chi connectivity index (χ0v) is 7.64. The molecular weight excluding hydrogens is 167 g/mol. The van der Waals surface area contributed by atoms with Gasteiger partial charge in [-0.3, -0.25) is 0 Å². The lowest BCUT2D eigenvalue weighted by Gasteiger charge is -2.17. The molecule has 0 amide bonds. The van der Waals surface area contributed by atoms with Crippen LogP contribution in [0.25, 0.3) is 0 Å². The van der Waals surface area contributed by atoms with Crippen molar-refractivity contribution >= 4 is 7.85 Å². The molecule has 0 aromatic rings. The molecule has 1 rings (SSSR count). The van der Waals surface area contributed by atoms with Crippen LogP contribution in [0.5, 0.6) is 0 Å². The Labute approximate surface area is 79.8 Å². The van der Waals surface area contributed by atoms with Crippen LogP contribution in [0.3, 0.4) is 0 Å². The van der Waals surface area contributed by atoms with E-state index < -0.39 is 18.2 Å². The fraction of sp³-hybridized carbons (Fsp3) is 0.778. The molecule has 70 valence electrons. The van der Waals surface area contributed by atoms with Gasteiger partial charge in [0.1, 0.15) is 26.7 Å². The van der Waals surface area contributed by atoms with Crippen molar-refractivity contribution in [2.45, 2.75) is 37.7 Å². The number of ether oxygens (including phenoxy) is 2. The van der Waals surface area contributed by atoms with Gasteiger partial charge in [-0.15, -0.1) is 6.42 Å². The lowest BCUT2D eigenvalue weighted by Crippen LogP contribution is -2.35. The average molecular weight is 180 g/mol. The van der Waals surface area contributed by atoms with Crippen molar-refractivity contribution in [3.05, 3.63) is 0 Å². The van der Waals surface area contributed by atoms with Gasteiger partial charge in [-0.05, 0) is 6.42 Å². The second kappa shape index (κ2) is 4.66. The number of aliphatic hydroxyl groups excluding tert-OH is 1. The standard InChI is InChI=1S/C9H13BO3/c1-3-5-12-8-7(11)6(4-2)13-9(8)10/h1,6-9,11H,4-5H2,2H3/t6-,7+,8?,9-/m1/s1. The van der Waals surface area contributed by atoms with Crippen LogP contribution in [0.15, 0.2) is 0 Å². The summed E-state index contributed by atoms with van der Waals surface area (Å²) in [5.41, 5.74) is 0. The van der Waals surface area contributed by atoms with E-state index >= 15 is 0 Å². The Hall–Kier alpha value is -0.495. The predicted molar refractivity (Wildman–Crippen MR) is 49.3 cm³/mol. The zero-order valence-electron chi connectivity index (χ0n) is 7.64. The van der Waals surface area contributed by atoms with Gasteiger partial charge in [0.15, 0.2) is 0 Å². The molecule has 0 aromatic heterocycles. The normalized spacial score (nSPS) is 38.8. The molecule has 0 bridgehead atoms. The summed E-state index contributed by atoms with van der Waals surface area (Å²) in [5.74, 6) is 2.32. The van der Waals surface area contributed by atoms with Crippen molar-refractivity contribution in [3.8, 4) is 12.3 Å². The van der Waals surface area contributed by atoms with Crippen molar-refractivity contribution < 1.29 is 14.6 Å². The van der Waals surface area contributed by atoms with Crippen LogP contribution >= 0.6 is 0 Å². The van der Waals surface area contributed by atoms with Crippen molar-refractivity contribution in [2.24, 2.45) is 0 Å². The summed E-state index contributed by atoms with van der Waals surface area (Å²) in [6, 6.07) is -0.576. The van der Waals surface area contributed by atoms with Crippen molar-refractivity contribution in [1.29, 1.82) is 0 Å². The van der Waals surface area contributed by atoms with Gasteiger partial charge in [0.25, 0.3) is 0 Å². The Morgan fingerprint density at radius 3 is 2.85 bits per heavy atom. The van der Waals surface area contributed by atoms with E-state index in [0.717, 1.165) is 0 Å². The number of hydrogen-bond donors (Lipinski definition) is 1. The van der Waals surface area contributed by atoms with Crippen LogP contribution in [0.1, 0.15) is 13.3 Å². The number of aliphatic hydroxyl groups is 1. The van der Waals surface area contributed by atoms with E-state index in [2.05, 4.69) is 5.92 Å². The first-order valence-electron chi connectivity index (χ1n) is 4.34. The molecule has 1 saturated heterocycles. The fourth-order valence-corrected chi connectivity index (χ4v) is 1.44. The highest BCUT2D eigenvalue weighted by molar-refractivity contribution is 6.11. The molecule has 0 saturated carbocycles. The minimum absolute atomic E-state index is 0.148. The molecule has 1 unspecified atom stereocenters. The van der Waals surface area contributed by atoms with E-state index in [1.165, 1.54) is 0 Å². The number of hydrogen-bond acceptors (Lipinski definition) is 3. The van der Waals surface area contributed by atoms with Crippen LogP contribution in [-0.2, 0) is 9.47 Å². The molecule has 2 radical (unpaired) electrons. The molecular formula is C9H13BO3. The van der Waals surface area contributed by atoms with E-state index in [4.69, 9.17) is 23.7 Å². The molecule has 0 spiro atoms. The van der Waals surface area contributed by atoms with Gasteiger partial charge in [-0.25, -0.2) is 0 Å². The Balaban J connectivity index is 2.49. The molecule has 4 heteroatoms. The van der Waals surface area contributed by atoms with Crippen LogP contribution in [0, 0.1) is 12.3 Å². The quantitative estimate of drug-likeness (QED) is 0.477. The van der Waals surface area contributed by atoms with Crippen LogP contribution in [0.2, 0.25) is 0 Å². The first-order chi connectivity index (χ1) is 6.20. The summed E-state index contributed by atoms with van der Waals surface area (Å²) in [7, 11) is 5.60. The molecule has 1 aliphatic heterocycles. The summed E-state index contributed by atoms with van der Waals surface area (Å²) < 4.78 is 10.4. The smallest absolute Gasteiger partial charge is 0.112 e. The van der Waals surface area contributed by atoms with Crippen molar-refractivity contribution in [2.75, 3.05) is 6.61 Å². The molecule has 1 N–H and O–H groups in total. The van der Waals surface area contributed by atoms with Crippen LogP contribution < -0.4 is 0 Å². The first kappa shape index (κ1) is 10.6. The third-order valence-electron chi connectivity index (χ3n) is 2.13. The SMILES string of the molecule is [B][C@@H]1O[C@H](CC)[C@H](O)C1OCC#C. The highest BCUT2D eigenvalue weighted by atomic mass is 16.6. The van der Waals surface area contributed by atoms with Gasteiger partial charge < -0.3 is 14.6 Å². The third-order valence-corrected chi connectivity index (χ3v) is 2.13. The molecule has 3 nitrogen and oxygen atoms in total. The predicted octanol–water partition coefficient (Wildman–Crippen LogP) is -0.331. The largest absolute Gasteiger partial charge is 0.388 e. The van der Waals surface area contributed by atoms with Gasteiger partial charge in [-0.2, -0.15) is 0 Å². The Kier molecular flexibility index (Phi) is 3.79. The Morgan fingerprint density at radius 1 is 1.69 bits per heavy atom. The second-order valence-electron chi connectivity index (χ2n) is 3.02. The van der Waals surface area contributed by atoms with Gasteiger partial charge in [0.05, 0.1) is 6.10 Å². The molecule has 13 heavy (non-hydrogen) atoms. The van der Waals surface area contributed by atoms with E-state index in [1.807, 2.05) is 6.92 Å². The Morgan fingerprint density at radius 2 is 2.38 bits per heavy atom. The van der Waals surface area contributed by atoms with Gasteiger partial charge in [0.2, 0.25) is 0 Å². The summed E-state index contributed by atoms with van der Waals surface area (Å²) in [4.78, 5) is 0. The Bertz CT molecular complexity index is 202. The third kappa shape index (κ3) is 2.25. The summed E-state index contributed by atoms with van der Waals surface area (Å²) >= 11 is 0. The highest BCUT2D eigenvalue weighted by Crippen LogP contribution is 2.23. The molecule has 0 aromatic carbocycles. The minimum atomic E-state index is -0.673. The topological polar surface area (TPSA) is 38.7 Å². The lowest BCUT2D eigenvalue weighted by atomic mass is 9.92. The molecule has 4 atom stereocenters. The summed E-state index contributed by atoms with van der Waals surface area (Å²) in [5, 5.41) is 9.65. The fourth-order valence-electron chi connectivity index (χ4n) is 1.44. The maximum atomic E-state index is 9.65. The molecule has 0 aliphatic carbocycles. The highest BCUT2D eigenvalue weighted by Gasteiger charge is 2.40. The zero-order chi connectivity index (χ0) is 9.84. The van der Waals surface area contributed by atoms with Crippen LogP contribution in [-0.4, -0.2) is 43.9 Å². The van der Waals surface area contributed by atoms with Gasteiger partial charge in [-0.1, -0.05) is 12.8 Å². The second-order valence-corrected chi connectivity index (χ2v) is 3.02. The van der Waals surface area contributed by atoms with Crippen LogP contribution in [0.4, 0.5) is 0 Å². The van der Waals surface area contributed by atoms with E-state index in [0.29, 0.717) is 6.42 Å². The van der Waals surface area contributed by atoms with E-state index in [9.17, 15) is 5.11 Å². The van der Waals surface area contributed by atoms with Crippen molar-refractivity contribution in [1.82, 2.24) is 0 Å². The van der Waals surface area contributed by atoms with Crippen molar-refractivity contribution in [3.63, 3.8) is 0 Å². The van der Waals surface area contributed by atoms with E-state index in [1.54, 1.807) is 0 Å². The molecule has 1 fully saturated rings. The molecule has 1 heterocycles. The van der Waals surface area contributed by atoms with Gasteiger partial charge in [0, 0.05) is 6.00 Å². The maximum absolute atomic E-state index is 9.65. The average Bonchev–Trinajstić information content (AvgIpc) is 2.39. The van der Waals surface area contributed by atoms with Gasteiger partial charge >= 0.3 is 0 Å². The van der Waals surface area contributed by atoms with E-state index in [-0.39, 0.29) is 12.7 Å². The monoisotopic (exact) mass is 180 g/mol. The summed E-state index contributed by atoms with van der Waals surface area (Å²) in [6.45, 7) is 2.07. The number of terminal acetylenes is 1. The minimum Gasteiger partial charge on any atom is -0.388 e.